The largest absolute Gasteiger partial charge is 0.457 e. The van der Waals surface area contributed by atoms with Crippen molar-refractivity contribution in [1.29, 1.82) is 0 Å². The van der Waals surface area contributed by atoms with Gasteiger partial charge in [0.1, 0.15) is 23.6 Å². The fourth-order valence-electron chi connectivity index (χ4n) is 3.22. The SMILES string of the molecule is CC1(C)OCC(C(CS(=O)(=O)c2ccc(Oc3ccc(C(F)(F)F)cc3)cc2)N(O)C=O)O1. The second-order valence-electron chi connectivity index (χ2n) is 7.80. The molecule has 1 aliphatic heterocycles. The number of benzene rings is 2. The normalized spacial score (nSPS) is 19.2. The van der Waals surface area contributed by atoms with E-state index in [9.17, 15) is 31.6 Å². The van der Waals surface area contributed by atoms with Crippen LogP contribution in [0.3, 0.4) is 0 Å². The molecule has 1 N–H and O–H groups in total. The van der Waals surface area contributed by atoms with Gasteiger partial charge in [-0.05, 0) is 62.4 Å². The van der Waals surface area contributed by atoms with Crippen LogP contribution in [-0.2, 0) is 30.3 Å². The van der Waals surface area contributed by atoms with Gasteiger partial charge in [-0.3, -0.25) is 10.0 Å². The molecule has 8 nitrogen and oxygen atoms in total. The van der Waals surface area contributed by atoms with Crippen LogP contribution >= 0.6 is 0 Å². The molecule has 2 aromatic carbocycles. The van der Waals surface area contributed by atoms with E-state index < -0.39 is 45.3 Å². The van der Waals surface area contributed by atoms with E-state index in [0.717, 1.165) is 24.3 Å². The lowest BCUT2D eigenvalue weighted by Crippen LogP contribution is -2.47. The average Bonchev–Trinajstić information content (AvgIpc) is 3.11. The molecule has 0 radical (unpaired) electrons. The Hall–Kier alpha value is -2.67. The Bertz CT molecular complexity index is 1070. The number of carbonyl (C=O) groups is 1. The summed E-state index contributed by atoms with van der Waals surface area (Å²) in [6.45, 7) is 3.23. The first-order valence-corrected chi connectivity index (χ1v) is 11.4. The van der Waals surface area contributed by atoms with Crippen LogP contribution in [0, 0.1) is 0 Å². The molecule has 1 heterocycles. The van der Waals surface area contributed by atoms with Crippen LogP contribution < -0.4 is 4.74 Å². The van der Waals surface area contributed by atoms with Gasteiger partial charge >= 0.3 is 6.18 Å². The summed E-state index contributed by atoms with van der Waals surface area (Å²) in [5, 5.41) is 10.2. The van der Waals surface area contributed by atoms with Crippen molar-refractivity contribution in [3.63, 3.8) is 0 Å². The third kappa shape index (κ3) is 6.22. The van der Waals surface area contributed by atoms with Crippen LogP contribution in [-0.4, -0.2) is 55.4 Å². The van der Waals surface area contributed by atoms with Crippen LogP contribution in [0.15, 0.2) is 53.4 Å². The monoisotopic (exact) mass is 489 g/mol. The molecule has 1 saturated heterocycles. The molecule has 2 aromatic rings. The molecule has 0 spiro atoms. The molecule has 180 valence electrons. The van der Waals surface area contributed by atoms with E-state index >= 15 is 0 Å². The highest BCUT2D eigenvalue weighted by Crippen LogP contribution is 2.32. The lowest BCUT2D eigenvalue weighted by Gasteiger charge is -2.27. The molecule has 12 heteroatoms. The van der Waals surface area contributed by atoms with Crippen LogP contribution in [0.2, 0.25) is 0 Å². The van der Waals surface area contributed by atoms with Crippen LogP contribution in [0.1, 0.15) is 19.4 Å². The van der Waals surface area contributed by atoms with Gasteiger partial charge in [0.05, 0.1) is 22.8 Å². The molecule has 1 fully saturated rings. The van der Waals surface area contributed by atoms with Gasteiger partial charge in [-0.25, -0.2) is 13.5 Å². The summed E-state index contributed by atoms with van der Waals surface area (Å²) in [4.78, 5) is 11.0. The molecular formula is C21H22F3NO7S. The van der Waals surface area contributed by atoms with Gasteiger partial charge in [-0.1, -0.05) is 0 Å². The zero-order valence-corrected chi connectivity index (χ0v) is 18.5. The van der Waals surface area contributed by atoms with Crippen molar-refractivity contribution < 1.29 is 45.8 Å². The molecule has 0 aliphatic carbocycles. The van der Waals surface area contributed by atoms with Gasteiger partial charge in [-0.15, -0.1) is 0 Å². The first kappa shape index (κ1) is 25.0. The second-order valence-corrected chi connectivity index (χ2v) is 9.83. The number of hydrogen-bond acceptors (Lipinski definition) is 7. The maximum atomic E-state index is 12.9. The Labute approximate surface area is 188 Å². The van der Waals surface area contributed by atoms with Crippen molar-refractivity contribution in [2.45, 2.75) is 42.9 Å². The van der Waals surface area contributed by atoms with Gasteiger partial charge in [0.2, 0.25) is 6.41 Å². The van der Waals surface area contributed by atoms with Crippen molar-refractivity contribution in [1.82, 2.24) is 5.06 Å². The molecule has 2 atom stereocenters. The average molecular weight is 489 g/mol. The Balaban J connectivity index is 1.72. The van der Waals surface area contributed by atoms with Gasteiger partial charge < -0.3 is 14.2 Å². The number of amides is 1. The van der Waals surface area contributed by atoms with E-state index in [2.05, 4.69) is 0 Å². The van der Waals surface area contributed by atoms with E-state index in [4.69, 9.17) is 14.2 Å². The van der Waals surface area contributed by atoms with E-state index in [1.807, 2.05) is 0 Å². The van der Waals surface area contributed by atoms with Gasteiger partial charge in [0.25, 0.3) is 0 Å². The summed E-state index contributed by atoms with van der Waals surface area (Å²) >= 11 is 0. The maximum absolute atomic E-state index is 12.9. The molecular weight excluding hydrogens is 467 g/mol. The third-order valence-corrected chi connectivity index (χ3v) is 6.67. The topological polar surface area (TPSA) is 102 Å². The number of carbonyl (C=O) groups excluding carboxylic acids is 1. The highest BCUT2D eigenvalue weighted by atomic mass is 32.2. The minimum absolute atomic E-state index is 0.0159. The van der Waals surface area contributed by atoms with E-state index in [1.165, 1.54) is 24.3 Å². The third-order valence-electron chi connectivity index (χ3n) is 4.90. The number of hydrogen-bond donors (Lipinski definition) is 1. The Morgan fingerprint density at radius 1 is 1.15 bits per heavy atom. The fraction of sp³-hybridized carbons (Fsp3) is 0.381. The minimum Gasteiger partial charge on any atom is -0.457 e. The lowest BCUT2D eigenvalue weighted by atomic mass is 10.2. The fourth-order valence-corrected chi connectivity index (χ4v) is 4.78. The number of sulfone groups is 1. The van der Waals surface area contributed by atoms with Crippen molar-refractivity contribution >= 4 is 16.2 Å². The smallest absolute Gasteiger partial charge is 0.416 e. The zero-order chi connectivity index (χ0) is 24.4. The molecule has 0 aromatic heterocycles. The number of ether oxygens (including phenoxy) is 3. The van der Waals surface area contributed by atoms with Crippen LogP contribution in [0.4, 0.5) is 13.2 Å². The van der Waals surface area contributed by atoms with Gasteiger partial charge in [0, 0.05) is 0 Å². The summed E-state index contributed by atoms with van der Waals surface area (Å²) in [5.74, 6) is -1.28. The molecule has 0 bridgehead atoms. The molecule has 0 saturated carbocycles. The summed E-state index contributed by atoms with van der Waals surface area (Å²) in [6.07, 6.45) is -5.24. The maximum Gasteiger partial charge on any atom is 0.416 e. The predicted molar refractivity (Wildman–Crippen MR) is 108 cm³/mol. The van der Waals surface area contributed by atoms with Crippen LogP contribution in [0.25, 0.3) is 0 Å². The summed E-state index contributed by atoms with van der Waals surface area (Å²) in [6, 6.07) is 8.03. The van der Waals surface area contributed by atoms with E-state index in [-0.39, 0.29) is 34.5 Å². The van der Waals surface area contributed by atoms with E-state index in [0.29, 0.717) is 0 Å². The summed E-state index contributed by atoms with van der Waals surface area (Å²) in [5.41, 5.74) is -0.820. The lowest BCUT2D eigenvalue weighted by molar-refractivity contribution is -0.182. The van der Waals surface area contributed by atoms with Crippen LogP contribution in [0.5, 0.6) is 11.5 Å². The first-order chi connectivity index (χ1) is 15.3. The quantitative estimate of drug-likeness (QED) is 0.343. The van der Waals surface area contributed by atoms with Crippen molar-refractivity contribution in [3.8, 4) is 11.5 Å². The Morgan fingerprint density at radius 3 is 2.15 bits per heavy atom. The number of nitrogens with zero attached hydrogens (tertiary/aromatic N) is 1. The second kappa shape index (κ2) is 9.29. The van der Waals surface area contributed by atoms with Crippen molar-refractivity contribution in [3.05, 3.63) is 54.1 Å². The Kier molecular flexibility index (Phi) is 7.03. The molecule has 1 aliphatic rings. The summed E-state index contributed by atoms with van der Waals surface area (Å²) in [7, 11) is -3.98. The molecule has 1 amide bonds. The number of halogens is 3. The number of hydroxylamine groups is 2. The number of rotatable bonds is 8. The van der Waals surface area contributed by atoms with Crippen molar-refractivity contribution in [2.75, 3.05) is 12.4 Å². The molecule has 2 unspecified atom stereocenters. The zero-order valence-electron chi connectivity index (χ0n) is 17.7. The highest BCUT2D eigenvalue weighted by molar-refractivity contribution is 7.91. The van der Waals surface area contributed by atoms with Gasteiger partial charge in [0.15, 0.2) is 15.6 Å². The highest BCUT2D eigenvalue weighted by Gasteiger charge is 2.42. The minimum atomic E-state index is -4.47. The van der Waals surface area contributed by atoms with Crippen molar-refractivity contribution in [2.24, 2.45) is 0 Å². The number of alkyl halides is 3. The first-order valence-electron chi connectivity index (χ1n) is 9.73. The predicted octanol–water partition coefficient (Wildman–Crippen LogP) is 3.64. The Morgan fingerprint density at radius 2 is 1.70 bits per heavy atom. The van der Waals surface area contributed by atoms with E-state index in [1.54, 1.807) is 13.8 Å². The van der Waals surface area contributed by atoms with Gasteiger partial charge in [-0.2, -0.15) is 13.2 Å². The summed E-state index contributed by atoms with van der Waals surface area (Å²) < 4.78 is 80.2. The molecule has 33 heavy (non-hydrogen) atoms. The standard InChI is InChI=1S/C21H22F3NO7S/c1-20(2)30-11-19(32-20)18(25(27)13-26)12-33(28,29)17-9-7-16(8-10-17)31-15-5-3-14(4-6-15)21(22,23)24/h3-10,13,18-19,27H,11-12H2,1-2H3. The molecule has 3 rings (SSSR count).